The molecule has 1 aliphatic rings. The number of aryl methyl sites for hydroxylation is 3. The monoisotopic (exact) mass is 282 g/mol. The standard InChI is InChI=1S/C19H22O2/c1-13-4-6-17(10-14(13)2)19(20)9-8-15-5-7-18(21-3)11-16(15)12-19/h4-7,10-11,20H,8-9,12H2,1-3H3. The van der Waals surface area contributed by atoms with Crippen molar-refractivity contribution in [2.75, 3.05) is 7.11 Å². The molecule has 21 heavy (non-hydrogen) atoms. The summed E-state index contributed by atoms with van der Waals surface area (Å²) in [6, 6.07) is 12.5. The Morgan fingerprint density at radius 3 is 2.52 bits per heavy atom. The zero-order chi connectivity index (χ0) is 15.0. The Kier molecular flexibility index (Phi) is 3.50. The summed E-state index contributed by atoms with van der Waals surface area (Å²) in [6.07, 6.45) is 2.33. The van der Waals surface area contributed by atoms with Crippen LogP contribution in [0.3, 0.4) is 0 Å². The van der Waals surface area contributed by atoms with Gasteiger partial charge in [0.25, 0.3) is 0 Å². The Morgan fingerprint density at radius 1 is 1.00 bits per heavy atom. The number of methoxy groups -OCH3 is 1. The second kappa shape index (κ2) is 5.19. The first-order chi connectivity index (χ1) is 10.0. The highest BCUT2D eigenvalue weighted by Crippen LogP contribution is 2.38. The maximum Gasteiger partial charge on any atom is 0.119 e. The Bertz CT molecular complexity index is 675. The third kappa shape index (κ3) is 2.56. The number of benzene rings is 2. The molecule has 2 nitrogen and oxygen atoms in total. The van der Waals surface area contributed by atoms with Gasteiger partial charge in [-0.3, -0.25) is 0 Å². The molecule has 2 heteroatoms. The Balaban J connectivity index is 1.97. The van der Waals surface area contributed by atoms with Gasteiger partial charge in [-0.25, -0.2) is 0 Å². The quantitative estimate of drug-likeness (QED) is 0.910. The summed E-state index contributed by atoms with van der Waals surface area (Å²) in [5.74, 6) is 0.859. The predicted octanol–water partition coefficient (Wildman–Crippen LogP) is 3.69. The van der Waals surface area contributed by atoms with Crippen molar-refractivity contribution in [3.63, 3.8) is 0 Å². The molecule has 2 aromatic rings. The van der Waals surface area contributed by atoms with Gasteiger partial charge in [-0.15, -0.1) is 0 Å². The first-order valence-corrected chi connectivity index (χ1v) is 7.48. The molecule has 1 aliphatic carbocycles. The van der Waals surface area contributed by atoms with Crippen LogP contribution in [-0.4, -0.2) is 12.2 Å². The zero-order valence-corrected chi connectivity index (χ0v) is 12.9. The molecule has 0 aromatic heterocycles. The average molecular weight is 282 g/mol. The summed E-state index contributed by atoms with van der Waals surface area (Å²) < 4.78 is 5.31. The van der Waals surface area contributed by atoms with Gasteiger partial charge in [-0.1, -0.05) is 24.3 Å². The van der Waals surface area contributed by atoms with E-state index in [0.29, 0.717) is 6.42 Å². The van der Waals surface area contributed by atoms with E-state index in [-0.39, 0.29) is 0 Å². The van der Waals surface area contributed by atoms with Gasteiger partial charge in [-0.2, -0.15) is 0 Å². The highest BCUT2D eigenvalue weighted by Gasteiger charge is 2.34. The average Bonchev–Trinajstić information content (AvgIpc) is 2.49. The normalized spacial score (nSPS) is 21.0. The minimum Gasteiger partial charge on any atom is -0.497 e. The van der Waals surface area contributed by atoms with Crippen molar-refractivity contribution in [2.24, 2.45) is 0 Å². The minimum absolute atomic E-state index is 0.655. The molecule has 0 amide bonds. The summed E-state index contributed by atoms with van der Waals surface area (Å²) in [6.45, 7) is 4.20. The molecule has 0 fully saturated rings. The molecule has 0 aliphatic heterocycles. The number of hydrogen-bond donors (Lipinski definition) is 1. The van der Waals surface area contributed by atoms with Crippen molar-refractivity contribution in [3.05, 3.63) is 64.2 Å². The molecular weight excluding hydrogens is 260 g/mol. The SMILES string of the molecule is COc1ccc2c(c1)CC(O)(c1ccc(C)c(C)c1)CC2. The second-order valence-corrected chi connectivity index (χ2v) is 6.14. The van der Waals surface area contributed by atoms with Crippen LogP contribution in [0.2, 0.25) is 0 Å². The molecule has 1 unspecified atom stereocenters. The van der Waals surface area contributed by atoms with Crippen LogP contribution in [-0.2, 0) is 18.4 Å². The first-order valence-electron chi connectivity index (χ1n) is 7.48. The Hall–Kier alpha value is -1.80. The van der Waals surface area contributed by atoms with Gasteiger partial charge in [0, 0.05) is 6.42 Å². The van der Waals surface area contributed by atoms with E-state index in [4.69, 9.17) is 4.74 Å². The highest BCUT2D eigenvalue weighted by atomic mass is 16.5. The molecule has 0 saturated carbocycles. The summed E-state index contributed by atoms with van der Waals surface area (Å²) in [4.78, 5) is 0. The molecular formula is C19H22O2. The molecule has 0 bridgehead atoms. The number of aliphatic hydroxyl groups is 1. The summed E-state index contributed by atoms with van der Waals surface area (Å²) in [5, 5.41) is 11.1. The van der Waals surface area contributed by atoms with Crippen LogP contribution in [0.25, 0.3) is 0 Å². The fourth-order valence-corrected chi connectivity index (χ4v) is 3.16. The molecule has 0 spiro atoms. The van der Waals surface area contributed by atoms with Crippen molar-refractivity contribution in [1.29, 1.82) is 0 Å². The smallest absolute Gasteiger partial charge is 0.119 e. The van der Waals surface area contributed by atoms with E-state index >= 15 is 0 Å². The summed E-state index contributed by atoms with van der Waals surface area (Å²) >= 11 is 0. The van der Waals surface area contributed by atoms with Crippen molar-refractivity contribution in [1.82, 2.24) is 0 Å². The summed E-state index contributed by atoms with van der Waals surface area (Å²) in [7, 11) is 1.68. The Morgan fingerprint density at radius 2 is 1.81 bits per heavy atom. The van der Waals surface area contributed by atoms with Crippen molar-refractivity contribution < 1.29 is 9.84 Å². The van der Waals surface area contributed by atoms with Crippen molar-refractivity contribution in [2.45, 2.75) is 38.7 Å². The van der Waals surface area contributed by atoms with Gasteiger partial charge in [-0.05, 0) is 66.6 Å². The molecule has 1 atom stereocenters. The van der Waals surface area contributed by atoms with Gasteiger partial charge in [0.15, 0.2) is 0 Å². The number of hydrogen-bond acceptors (Lipinski definition) is 2. The van der Waals surface area contributed by atoms with Crippen LogP contribution in [0.1, 0.15) is 34.2 Å². The van der Waals surface area contributed by atoms with Crippen LogP contribution < -0.4 is 4.74 Å². The topological polar surface area (TPSA) is 29.5 Å². The van der Waals surface area contributed by atoms with E-state index in [2.05, 4.69) is 44.2 Å². The van der Waals surface area contributed by atoms with Gasteiger partial charge < -0.3 is 9.84 Å². The lowest BCUT2D eigenvalue weighted by Crippen LogP contribution is -2.33. The molecule has 3 rings (SSSR count). The van der Waals surface area contributed by atoms with E-state index < -0.39 is 5.60 Å². The molecule has 0 saturated heterocycles. The highest BCUT2D eigenvalue weighted by molar-refractivity contribution is 5.42. The van der Waals surface area contributed by atoms with Crippen molar-refractivity contribution >= 4 is 0 Å². The van der Waals surface area contributed by atoms with Gasteiger partial charge >= 0.3 is 0 Å². The number of fused-ring (bicyclic) bond motifs is 1. The van der Waals surface area contributed by atoms with E-state index in [1.165, 1.54) is 22.3 Å². The van der Waals surface area contributed by atoms with Crippen LogP contribution >= 0.6 is 0 Å². The van der Waals surface area contributed by atoms with Crippen LogP contribution in [0.4, 0.5) is 0 Å². The van der Waals surface area contributed by atoms with Gasteiger partial charge in [0.2, 0.25) is 0 Å². The fourth-order valence-electron chi connectivity index (χ4n) is 3.16. The zero-order valence-electron chi connectivity index (χ0n) is 12.9. The maximum absolute atomic E-state index is 11.1. The Labute approximate surface area is 126 Å². The van der Waals surface area contributed by atoms with Crippen LogP contribution in [0, 0.1) is 13.8 Å². The first kappa shape index (κ1) is 14.2. The predicted molar refractivity (Wildman–Crippen MR) is 84.8 cm³/mol. The van der Waals surface area contributed by atoms with Crippen molar-refractivity contribution in [3.8, 4) is 5.75 Å². The number of ether oxygens (including phenoxy) is 1. The van der Waals surface area contributed by atoms with E-state index in [0.717, 1.165) is 24.2 Å². The third-order valence-corrected chi connectivity index (χ3v) is 4.75. The lowest BCUT2D eigenvalue weighted by Gasteiger charge is -2.34. The second-order valence-electron chi connectivity index (χ2n) is 6.14. The summed E-state index contributed by atoms with van der Waals surface area (Å²) in [5.41, 5.74) is 5.28. The molecule has 110 valence electrons. The molecule has 2 aromatic carbocycles. The van der Waals surface area contributed by atoms with Gasteiger partial charge in [0.05, 0.1) is 12.7 Å². The maximum atomic E-state index is 11.1. The molecule has 1 N–H and O–H groups in total. The van der Waals surface area contributed by atoms with E-state index in [1.54, 1.807) is 7.11 Å². The largest absolute Gasteiger partial charge is 0.497 e. The lowest BCUT2D eigenvalue weighted by molar-refractivity contribution is 0.0221. The van der Waals surface area contributed by atoms with Crippen LogP contribution in [0.15, 0.2) is 36.4 Å². The molecule has 0 heterocycles. The van der Waals surface area contributed by atoms with E-state index in [9.17, 15) is 5.11 Å². The molecule has 0 radical (unpaired) electrons. The van der Waals surface area contributed by atoms with E-state index in [1.807, 2.05) is 6.07 Å². The minimum atomic E-state index is -0.766. The fraction of sp³-hybridized carbons (Fsp3) is 0.368. The lowest BCUT2D eigenvalue weighted by atomic mass is 9.76. The van der Waals surface area contributed by atoms with Crippen LogP contribution in [0.5, 0.6) is 5.75 Å². The number of rotatable bonds is 2. The van der Waals surface area contributed by atoms with Gasteiger partial charge in [0.1, 0.15) is 5.75 Å². The third-order valence-electron chi connectivity index (χ3n) is 4.75.